The van der Waals surface area contributed by atoms with Crippen LogP contribution < -0.4 is 5.43 Å². The van der Waals surface area contributed by atoms with Crippen molar-refractivity contribution in [2.24, 2.45) is 0 Å². The monoisotopic (exact) mass is 418 g/mol. The molecule has 1 aliphatic rings. The number of carbonyl (C=O) groups excluding carboxylic acids is 2. The standard InChI is InChI=1S/C18H38N2O5Si2/c1-18(2,3)27(8,9)25-14-12-15(16(21)23-4)19-20(13-14)17(22)24-10-11-26(5,6)7/h14-15,19H,10-13H2,1-9H3/t14-,15-/m0/s1. The van der Waals surface area contributed by atoms with Crippen molar-refractivity contribution in [3.8, 4) is 0 Å². The van der Waals surface area contributed by atoms with Crippen molar-refractivity contribution in [3.05, 3.63) is 0 Å². The second kappa shape index (κ2) is 9.06. The van der Waals surface area contributed by atoms with Crippen molar-refractivity contribution in [1.29, 1.82) is 0 Å². The smallest absolute Gasteiger partial charge is 0.424 e. The quantitative estimate of drug-likeness (QED) is 0.524. The number of esters is 1. The summed E-state index contributed by atoms with van der Waals surface area (Å²) in [7, 11) is -1.97. The molecule has 0 aromatic carbocycles. The third kappa shape index (κ3) is 7.55. The highest BCUT2D eigenvalue weighted by Crippen LogP contribution is 2.38. The molecule has 1 fully saturated rings. The third-order valence-electron chi connectivity index (χ3n) is 5.25. The van der Waals surface area contributed by atoms with Gasteiger partial charge in [0.05, 0.1) is 26.4 Å². The molecule has 0 unspecified atom stereocenters. The maximum atomic E-state index is 12.5. The number of methoxy groups -OCH3 is 1. The Bertz CT molecular complexity index is 529. The summed E-state index contributed by atoms with van der Waals surface area (Å²) in [5.74, 6) is -0.404. The molecule has 1 heterocycles. The van der Waals surface area contributed by atoms with Gasteiger partial charge in [-0.3, -0.25) is 4.79 Å². The van der Waals surface area contributed by atoms with E-state index < -0.39 is 34.5 Å². The van der Waals surface area contributed by atoms with E-state index in [1.54, 1.807) is 0 Å². The van der Waals surface area contributed by atoms with Gasteiger partial charge in [0, 0.05) is 14.5 Å². The average molecular weight is 419 g/mol. The van der Waals surface area contributed by atoms with Crippen molar-refractivity contribution in [1.82, 2.24) is 10.4 Å². The molecular formula is C18H38N2O5Si2. The fraction of sp³-hybridized carbons (Fsp3) is 0.889. The lowest BCUT2D eigenvalue weighted by atomic mass is 10.1. The fourth-order valence-electron chi connectivity index (χ4n) is 2.45. The molecule has 1 rings (SSSR count). The van der Waals surface area contributed by atoms with E-state index >= 15 is 0 Å². The number of hydrogen-bond donors (Lipinski definition) is 1. The van der Waals surface area contributed by atoms with E-state index in [0.29, 0.717) is 19.6 Å². The molecule has 0 bridgehead atoms. The van der Waals surface area contributed by atoms with Crippen LogP contribution in [0.5, 0.6) is 0 Å². The Hall–Kier alpha value is -0.906. The summed E-state index contributed by atoms with van der Waals surface area (Å²) in [4.78, 5) is 24.6. The molecule has 0 aromatic rings. The number of carbonyl (C=O) groups is 2. The van der Waals surface area contributed by atoms with Gasteiger partial charge in [0.2, 0.25) is 0 Å². The summed E-state index contributed by atoms with van der Waals surface area (Å²) in [6, 6.07) is 0.278. The van der Waals surface area contributed by atoms with E-state index in [9.17, 15) is 9.59 Å². The van der Waals surface area contributed by atoms with Crippen molar-refractivity contribution in [3.63, 3.8) is 0 Å². The summed E-state index contributed by atoms with van der Waals surface area (Å²) < 4.78 is 16.8. The summed E-state index contributed by atoms with van der Waals surface area (Å²) in [6.07, 6.45) is -0.232. The van der Waals surface area contributed by atoms with Gasteiger partial charge >= 0.3 is 12.1 Å². The van der Waals surface area contributed by atoms with Crippen molar-refractivity contribution in [2.75, 3.05) is 20.3 Å². The predicted octanol–water partition coefficient (Wildman–Crippen LogP) is 3.60. The fourth-order valence-corrected chi connectivity index (χ4v) is 4.53. The first-order valence-corrected chi connectivity index (χ1v) is 16.2. The molecule has 0 saturated carbocycles. The molecule has 0 spiro atoms. The van der Waals surface area contributed by atoms with Crippen LogP contribution in [0.2, 0.25) is 43.8 Å². The number of nitrogens with zero attached hydrogens (tertiary/aromatic N) is 1. The lowest BCUT2D eigenvalue weighted by Gasteiger charge is -2.43. The van der Waals surface area contributed by atoms with Gasteiger partial charge in [0.15, 0.2) is 8.32 Å². The van der Waals surface area contributed by atoms with Crippen LogP contribution in [-0.4, -0.2) is 65.9 Å². The molecule has 0 aromatic heterocycles. The minimum absolute atomic E-state index is 0.0430. The Kier molecular flexibility index (Phi) is 8.10. The van der Waals surface area contributed by atoms with E-state index in [2.05, 4.69) is 58.9 Å². The zero-order valence-electron chi connectivity index (χ0n) is 18.5. The molecule has 158 valence electrons. The van der Waals surface area contributed by atoms with Gasteiger partial charge in [-0.25, -0.2) is 15.2 Å². The molecule has 1 N–H and O–H groups in total. The van der Waals surface area contributed by atoms with E-state index in [1.807, 2.05) is 0 Å². The third-order valence-corrected chi connectivity index (χ3v) is 11.5. The summed E-state index contributed by atoms with van der Waals surface area (Å²) in [6.45, 7) is 18.3. The first kappa shape index (κ1) is 24.1. The summed E-state index contributed by atoms with van der Waals surface area (Å²) in [5.41, 5.74) is 2.94. The van der Waals surface area contributed by atoms with E-state index in [0.717, 1.165) is 6.04 Å². The SMILES string of the molecule is COC(=O)[C@@H]1C[C@H](O[Si](C)(C)C(C)(C)C)CN(C(=O)OCC[Si](C)(C)C)N1. The van der Waals surface area contributed by atoms with Crippen LogP contribution in [0.15, 0.2) is 0 Å². The number of rotatable bonds is 6. The highest BCUT2D eigenvalue weighted by molar-refractivity contribution is 6.76. The number of hydrazine groups is 1. The first-order chi connectivity index (χ1) is 12.2. The van der Waals surface area contributed by atoms with Crippen molar-refractivity contribution >= 4 is 28.5 Å². The predicted molar refractivity (Wildman–Crippen MR) is 112 cm³/mol. The molecule has 1 saturated heterocycles. The summed E-state index contributed by atoms with van der Waals surface area (Å²) in [5, 5.41) is 1.41. The van der Waals surface area contributed by atoms with Gasteiger partial charge in [-0.2, -0.15) is 0 Å². The van der Waals surface area contributed by atoms with Gasteiger partial charge in [-0.05, 0) is 24.2 Å². The lowest BCUT2D eigenvalue weighted by molar-refractivity contribution is -0.147. The maximum absolute atomic E-state index is 12.5. The minimum atomic E-state index is -2.03. The Balaban J connectivity index is 2.82. The van der Waals surface area contributed by atoms with E-state index in [-0.39, 0.29) is 11.1 Å². The van der Waals surface area contributed by atoms with Gasteiger partial charge in [0.1, 0.15) is 6.04 Å². The number of hydrogen-bond acceptors (Lipinski definition) is 6. The molecule has 7 nitrogen and oxygen atoms in total. The maximum Gasteiger partial charge on any atom is 0.424 e. The zero-order valence-corrected chi connectivity index (χ0v) is 20.5. The topological polar surface area (TPSA) is 77.1 Å². The minimum Gasteiger partial charge on any atom is -0.468 e. The van der Waals surface area contributed by atoms with Crippen LogP contribution in [0, 0.1) is 0 Å². The average Bonchev–Trinajstić information content (AvgIpc) is 2.50. The second-order valence-electron chi connectivity index (χ2n) is 9.98. The van der Waals surface area contributed by atoms with Crippen LogP contribution >= 0.6 is 0 Å². The van der Waals surface area contributed by atoms with Crippen LogP contribution in [0.4, 0.5) is 4.79 Å². The number of ether oxygens (including phenoxy) is 2. The highest BCUT2D eigenvalue weighted by Gasteiger charge is 2.43. The molecule has 1 amide bonds. The van der Waals surface area contributed by atoms with Gasteiger partial charge in [0.25, 0.3) is 0 Å². The van der Waals surface area contributed by atoms with E-state index in [1.165, 1.54) is 12.1 Å². The number of amides is 1. The van der Waals surface area contributed by atoms with Crippen molar-refractivity contribution < 1.29 is 23.5 Å². The normalized spacial score (nSPS) is 21.7. The van der Waals surface area contributed by atoms with Gasteiger partial charge in [-0.1, -0.05) is 40.4 Å². The van der Waals surface area contributed by atoms with E-state index in [4.69, 9.17) is 13.9 Å². The Morgan fingerprint density at radius 1 is 1.15 bits per heavy atom. The Labute approximate surface area is 166 Å². The molecule has 27 heavy (non-hydrogen) atoms. The zero-order chi connectivity index (χ0) is 21.0. The van der Waals surface area contributed by atoms with Gasteiger partial charge in [-0.15, -0.1) is 0 Å². The number of nitrogens with one attached hydrogen (secondary N) is 1. The van der Waals surface area contributed by atoms with Crippen LogP contribution in [0.25, 0.3) is 0 Å². The largest absolute Gasteiger partial charge is 0.468 e. The molecule has 0 aliphatic carbocycles. The highest BCUT2D eigenvalue weighted by atomic mass is 28.4. The molecule has 0 radical (unpaired) electrons. The van der Waals surface area contributed by atoms with Crippen LogP contribution in [0.3, 0.4) is 0 Å². The van der Waals surface area contributed by atoms with Crippen LogP contribution in [-0.2, 0) is 18.7 Å². The summed E-state index contributed by atoms with van der Waals surface area (Å²) >= 11 is 0. The molecule has 9 heteroatoms. The molecule has 2 atom stereocenters. The lowest BCUT2D eigenvalue weighted by Crippen LogP contribution is -2.61. The van der Waals surface area contributed by atoms with Crippen LogP contribution in [0.1, 0.15) is 27.2 Å². The van der Waals surface area contributed by atoms with Crippen molar-refractivity contribution in [2.45, 2.75) is 83.2 Å². The Morgan fingerprint density at radius 2 is 1.74 bits per heavy atom. The van der Waals surface area contributed by atoms with Gasteiger partial charge < -0.3 is 13.9 Å². The molecule has 1 aliphatic heterocycles. The first-order valence-electron chi connectivity index (χ1n) is 9.62. The molecular weight excluding hydrogens is 380 g/mol. The second-order valence-corrected chi connectivity index (χ2v) is 20.4. The Morgan fingerprint density at radius 3 is 2.22 bits per heavy atom.